The van der Waals surface area contributed by atoms with Gasteiger partial charge in [-0.2, -0.15) is 0 Å². The number of rotatable bonds is 0. The average Bonchev–Trinajstić information content (AvgIpc) is 1.80. The standard InChI is InChI=1S/C6H6BBrO/c7-4-1-2-5(8)6(9)3-4/h1-3,9H,7H2. The number of aromatic hydroxyl groups is 1. The Morgan fingerprint density at radius 1 is 1.44 bits per heavy atom. The van der Waals surface area contributed by atoms with Gasteiger partial charge >= 0.3 is 0 Å². The molecule has 1 aromatic carbocycles. The first-order valence-corrected chi connectivity index (χ1v) is 3.44. The van der Waals surface area contributed by atoms with Crippen LogP contribution in [-0.4, -0.2) is 13.0 Å². The molecule has 0 atom stereocenters. The Morgan fingerprint density at radius 3 is 2.56 bits per heavy atom. The van der Waals surface area contributed by atoms with Crippen LogP contribution in [0.4, 0.5) is 0 Å². The van der Waals surface area contributed by atoms with Gasteiger partial charge in [0.2, 0.25) is 0 Å². The van der Waals surface area contributed by atoms with E-state index in [0.29, 0.717) is 5.75 Å². The van der Waals surface area contributed by atoms with Gasteiger partial charge < -0.3 is 5.11 Å². The molecule has 46 valence electrons. The van der Waals surface area contributed by atoms with Crippen LogP contribution in [0, 0.1) is 0 Å². The van der Waals surface area contributed by atoms with E-state index >= 15 is 0 Å². The van der Waals surface area contributed by atoms with Gasteiger partial charge in [-0.05, 0) is 28.1 Å². The van der Waals surface area contributed by atoms with Crippen LogP contribution >= 0.6 is 15.9 Å². The normalized spacial score (nSPS) is 9.44. The zero-order valence-corrected chi connectivity index (χ0v) is 6.64. The van der Waals surface area contributed by atoms with Gasteiger partial charge in [0.15, 0.2) is 0 Å². The van der Waals surface area contributed by atoms with E-state index in [2.05, 4.69) is 15.9 Å². The van der Waals surface area contributed by atoms with Gasteiger partial charge in [-0.15, -0.1) is 0 Å². The summed E-state index contributed by atoms with van der Waals surface area (Å²) in [4.78, 5) is 0. The van der Waals surface area contributed by atoms with Gasteiger partial charge in [-0.3, -0.25) is 0 Å². The van der Waals surface area contributed by atoms with Crippen molar-refractivity contribution in [3.63, 3.8) is 0 Å². The molecule has 0 aliphatic rings. The molecule has 3 heteroatoms. The summed E-state index contributed by atoms with van der Waals surface area (Å²) in [6.45, 7) is 0. The molecule has 0 bridgehead atoms. The Morgan fingerprint density at radius 2 is 2.11 bits per heavy atom. The van der Waals surface area contributed by atoms with Crippen LogP contribution in [0.1, 0.15) is 0 Å². The molecule has 0 heterocycles. The third-order valence-corrected chi connectivity index (χ3v) is 1.77. The fraction of sp³-hybridized carbons (Fsp3) is 0. The van der Waals surface area contributed by atoms with Crippen LogP contribution in [0.25, 0.3) is 0 Å². The molecule has 1 rings (SSSR count). The van der Waals surface area contributed by atoms with Crippen molar-refractivity contribution in [1.29, 1.82) is 0 Å². The van der Waals surface area contributed by atoms with Crippen molar-refractivity contribution in [3.05, 3.63) is 22.7 Å². The van der Waals surface area contributed by atoms with Gasteiger partial charge in [0, 0.05) is 0 Å². The molecule has 0 aliphatic carbocycles. The van der Waals surface area contributed by atoms with Crippen molar-refractivity contribution >= 4 is 29.2 Å². The second kappa shape index (κ2) is 2.44. The fourth-order valence-electron chi connectivity index (χ4n) is 0.623. The fourth-order valence-corrected chi connectivity index (χ4v) is 0.869. The first kappa shape index (κ1) is 6.68. The summed E-state index contributed by atoms with van der Waals surface area (Å²) >= 11 is 3.18. The number of benzene rings is 1. The van der Waals surface area contributed by atoms with Gasteiger partial charge in [0.05, 0.1) is 4.47 Å². The van der Waals surface area contributed by atoms with E-state index < -0.39 is 0 Å². The lowest BCUT2D eigenvalue weighted by molar-refractivity contribution is 0.472. The zero-order chi connectivity index (χ0) is 6.85. The van der Waals surface area contributed by atoms with Crippen LogP contribution in [0.5, 0.6) is 5.75 Å². The van der Waals surface area contributed by atoms with Crippen LogP contribution in [0.15, 0.2) is 22.7 Å². The van der Waals surface area contributed by atoms with Crippen LogP contribution in [-0.2, 0) is 0 Å². The monoisotopic (exact) mass is 184 g/mol. The smallest absolute Gasteiger partial charge is 0.139 e. The second-order valence-electron chi connectivity index (χ2n) is 1.95. The first-order chi connectivity index (χ1) is 4.20. The number of phenolic OH excluding ortho intramolecular Hbond substituents is 1. The third kappa shape index (κ3) is 1.48. The summed E-state index contributed by atoms with van der Waals surface area (Å²) in [5, 5.41) is 9.05. The number of hydrogen-bond donors (Lipinski definition) is 1. The highest BCUT2D eigenvalue weighted by molar-refractivity contribution is 9.10. The zero-order valence-electron chi connectivity index (χ0n) is 5.06. The molecule has 1 N–H and O–H groups in total. The molecular weight excluding hydrogens is 179 g/mol. The molecule has 1 nitrogen and oxygen atoms in total. The van der Waals surface area contributed by atoms with E-state index in [-0.39, 0.29) is 0 Å². The molecule has 0 aliphatic heterocycles. The van der Waals surface area contributed by atoms with Crippen molar-refractivity contribution < 1.29 is 5.11 Å². The van der Waals surface area contributed by atoms with Crippen molar-refractivity contribution in [1.82, 2.24) is 0 Å². The molecule has 0 radical (unpaired) electrons. The minimum atomic E-state index is 0.301. The topological polar surface area (TPSA) is 20.2 Å². The first-order valence-electron chi connectivity index (χ1n) is 2.65. The van der Waals surface area contributed by atoms with Crippen molar-refractivity contribution in [2.45, 2.75) is 0 Å². The molecular formula is C6H6BBrO. The summed E-state index contributed by atoms with van der Waals surface area (Å²) in [6.07, 6.45) is 0. The van der Waals surface area contributed by atoms with E-state index in [9.17, 15) is 0 Å². The highest BCUT2D eigenvalue weighted by atomic mass is 79.9. The maximum Gasteiger partial charge on any atom is 0.139 e. The largest absolute Gasteiger partial charge is 0.507 e. The van der Waals surface area contributed by atoms with E-state index in [1.54, 1.807) is 6.07 Å². The second-order valence-corrected chi connectivity index (χ2v) is 2.81. The summed E-state index contributed by atoms with van der Waals surface area (Å²) < 4.78 is 0.744. The van der Waals surface area contributed by atoms with Crippen LogP contribution in [0.2, 0.25) is 0 Å². The highest BCUT2D eigenvalue weighted by Gasteiger charge is 1.93. The van der Waals surface area contributed by atoms with E-state index in [1.807, 2.05) is 20.0 Å². The lowest BCUT2D eigenvalue weighted by Crippen LogP contribution is -1.98. The Kier molecular flexibility index (Phi) is 1.81. The minimum absolute atomic E-state index is 0.301. The molecule has 0 saturated carbocycles. The lowest BCUT2D eigenvalue weighted by Gasteiger charge is -1.95. The Hall–Kier alpha value is -0.435. The number of hydrogen-bond acceptors (Lipinski definition) is 1. The molecule has 0 amide bonds. The van der Waals surface area contributed by atoms with Crippen LogP contribution < -0.4 is 5.46 Å². The highest BCUT2D eigenvalue weighted by Crippen LogP contribution is 2.20. The molecule has 0 spiro atoms. The molecule has 9 heavy (non-hydrogen) atoms. The molecule has 0 fully saturated rings. The minimum Gasteiger partial charge on any atom is -0.507 e. The van der Waals surface area contributed by atoms with E-state index in [0.717, 1.165) is 9.94 Å². The maximum absolute atomic E-state index is 9.05. The Labute approximate surface area is 63.2 Å². The summed E-state index contributed by atoms with van der Waals surface area (Å²) in [5.41, 5.74) is 1.07. The van der Waals surface area contributed by atoms with Crippen LogP contribution in [0.3, 0.4) is 0 Å². The molecule has 0 unspecified atom stereocenters. The summed E-state index contributed by atoms with van der Waals surface area (Å²) in [5.74, 6) is 0.301. The lowest BCUT2D eigenvalue weighted by atomic mass is 9.96. The Balaban J connectivity index is 3.17. The molecule has 0 aromatic heterocycles. The quantitative estimate of drug-likeness (QED) is 0.580. The number of phenols is 1. The third-order valence-electron chi connectivity index (χ3n) is 1.10. The average molecular weight is 185 g/mol. The molecule has 0 saturated heterocycles. The summed E-state index contributed by atoms with van der Waals surface area (Å²) in [6, 6.07) is 5.47. The van der Waals surface area contributed by atoms with Gasteiger partial charge in [-0.1, -0.05) is 11.5 Å². The van der Waals surface area contributed by atoms with Crippen molar-refractivity contribution in [2.75, 3.05) is 0 Å². The van der Waals surface area contributed by atoms with Crippen molar-refractivity contribution in [2.24, 2.45) is 0 Å². The van der Waals surface area contributed by atoms with E-state index in [4.69, 9.17) is 5.11 Å². The van der Waals surface area contributed by atoms with E-state index in [1.165, 1.54) is 0 Å². The van der Waals surface area contributed by atoms with Gasteiger partial charge in [-0.25, -0.2) is 0 Å². The maximum atomic E-state index is 9.05. The number of halogens is 1. The van der Waals surface area contributed by atoms with Crippen molar-refractivity contribution in [3.8, 4) is 5.75 Å². The predicted octanol–water partition coefficient (Wildman–Crippen LogP) is 0.413. The predicted molar refractivity (Wildman–Crippen MR) is 44.0 cm³/mol. The van der Waals surface area contributed by atoms with Gasteiger partial charge in [0.25, 0.3) is 0 Å². The van der Waals surface area contributed by atoms with Gasteiger partial charge in [0.1, 0.15) is 13.6 Å². The SMILES string of the molecule is Bc1ccc(Br)c(O)c1. The molecule has 1 aromatic rings. The summed E-state index contributed by atoms with van der Waals surface area (Å²) in [7, 11) is 1.94. The Bertz CT molecular complexity index is 224.